The maximum atomic E-state index is 13.0. The van der Waals surface area contributed by atoms with Crippen molar-refractivity contribution in [1.82, 2.24) is 9.21 Å². The Morgan fingerprint density at radius 3 is 2.48 bits per heavy atom. The molecule has 0 amide bonds. The molecular formula is C23H26N4O5S. The molecular weight excluding hydrogens is 444 g/mol. The van der Waals surface area contributed by atoms with Gasteiger partial charge in [0.25, 0.3) is 5.69 Å². The quantitative estimate of drug-likeness (QED) is 0.417. The van der Waals surface area contributed by atoms with E-state index in [-0.39, 0.29) is 22.8 Å². The van der Waals surface area contributed by atoms with Crippen LogP contribution in [0.25, 0.3) is 10.8 Å². The second kappa shape index (κ2) is 9.34. The molecule has 1 heterocycles. The van der Waals surface area contributed by atoms with Crippen LogP contribution in [0.5, 0.6) is 5.75 Å². The van der Waals surface area contributed by atoms with Crippen molar-refractivity contribution in [2.45, 2.75) is 11.4 Å². The highest BCUT2D eigenvalue weighted by Gasteiger charge is 2.29. The van der Waals surface area contributed by atoms with Gasteiger partial charge >= 0.3 is 0 Å². The minimum atomic E-state index is -3.81. The van der Waals surface area contributed by atoms with Crippen molar-refractivity contribution >= 4 is 32.2 Å². The lowest BCUT2D eigenvalue weighted by molar-refractivity contribution is -0.384. The third-order valence-corrected chi connectivity index (χ3v) is 7.83. The number of fused-ring (bicyclic) bond motifs is 1. The Labute approximate surface area is 192 Å². The van der Waals surface area contributed by atoms with Crippen LogP contribution in [0, 0.1) is 10.1 Å². The molecule has 0 aromatic heterocycles. The Kier molecular flexibility index (Phi) is 6.50. The molecule has 0 bridgehead atoms. The summed E-state index contributed by atoms with van der Waals surface area (Å²) in [5.41, 5.74) is 0.816. The van der Waals surface area contributed by atoms with E-state index in [0.717, 1.165) is 22.4 Å². The molecule has 1 aliphatic heterocycles. The molecule has 174 valence electrons. The molecule has 0 spiro atoms. The van der Waals surface area contributed by atoms with Crippen molar-refractivity contribution < 1.29 is 18.1 Å². The number of methoxy groups -OCH3 is 1. The van der Waals surface area contributed by atoms with Gasteiger partial charge in [-0.3, -0.25) is 10.1 Å². The molecule has 3 aromatic carbocycles. The van der Waals surface area contributed by atoms with Gasteiger partial charge in [-0.05, 0) is 36.0 Å². The Bertz CT molecular complexity index is 1290. The van der Waals surface area contributed by atoms with Crippen molar-refractivity contribution in [2.24, 2.45) is 0 Å². The van der Waals surface area contributed by atoms with Crippen LogP contribution in [-0.2, 0) is 16.6 Å². The van der Waals surface area contributed by atoms with Crippen molar-refractivity contribution in [2.75, 3.05) is 45.7 Å². The summed E-state index contributed by atoms with van der Waals surface area (Å²) in [4.78, 5) is 13.2. The highest BCUT2D eigenvalue weighted by atomic mass is 32.2. The number of nitro benzene ring substituents is 1. The molecule has 0 atom stereocenters. The van der Waals surface area contributed by atoms with E-state index in [1.165, 1.54) is 16.4 Å². The number of ether oxygens (including phenoxy) is 1. The zero-order valence-electron chi connectivity index (χ0n) is 18.5. The number of nitrogens with one attached hydrogen (secondary N) is 1. The maximum absolute atomic E-state index is 13.0. The lowest BCUT2D eigenvalue weighted by Gasteiger charge is -2.31. The first-order valence-electron chi connectivity index (χ1n) is 10.6. The molecule has 33 heavy (non-hydrogen) atoms. The standard InChI is InChI=1S/C23H26N4O5S/c1-25-11-13-26(14-12-25)33(30,31)18-8-9-21(22(15-18)27(28)29)24-16-20-19-6-4-3-5-17(19)7-10-23(20)32-2/h3-10,15,24H,11-14,16H2,1-2H3. The van der Waals surface area contributed by atoms with Crippen LogP contribution in [-0.4, -0.2) is 62.9 Å². The molecule has 4 rings (SSSR count). The number of rotatable bonds is 7. The molecule has 1 fully saturated rings. The number of hydrogen-bond acceptors (Lipinski definition) is 7. The van der Waals surface area contributed by atoms with Crippen molar-refractivity contribution in [1.29, 1.82) is 0 Å². The van der Waals surface area contributed by atoms with Gasteiger partial charge in [0.15, 0.2) is 0 Å². The SMILES string of the molecule is COc1ccc2ccccc2c1CNc1ccc(S(=O)(=O)N2CCN(C)CC2)cc1[N+](=O)[O-]. The van der Waals surface area contributed by atoms with Crippen molar-refractivity contribution in [3.05, 3.63) is 70.3 Å². The van der Waals surface area contributed by atoms with Gasteiger partial charge < -0.3 is 15.0 Å². The molecule has 1 saturated heterocycles. The van der Waals surface area contributed by atoms with E-state index in [4.69, 9.17) is 4.74 Å². The number of likely N-dealkylation sites (N-methyl/N-ethyl adjacent to an activating group) is 1. The normalized spacial score (nSPS) is 15.5. The summed E-state index contributed by atoms with van der Waals surface area (Å²) in [7, 11) is -0.302. The van der Waals surface area contributed by atoms with E-state index in [2.05, 4.69) is 5.32 Å². The first-order chi connectivity index (χ1) is 15.8. The minimum Gasteiger partial charge on any atom is -0.496 e. The fourth-order valence-corrected chi connectivity index (χ4v) is 5.47. The van der Waals surface area contributed by atoms with Gasteiger partial charge in [-0.2, -0.15) is 4.31 Å². The monoisotopic (exact) mass is 470 g/mol. The Hall–Kier alpha value is -3.21. The Morgan fingerprint density at radius 1 is 1.06 bits per heavy atom. The number of piperazine rings is 1. The largest absolute Gasteiger partial charge is 0.496 e. The van der Waals surface area contributed by atoms with Gasteiger partial charge in [-0.25, -0.2) is 8.42 Å². The number of nitrogens with zero attached hydrogens (tertiary/aromatic N) is 3. The molecule has 9 nitrogen and oxygen atoms in total. The van der Waals surface area contributed by atoms with Crippen LogP contribution in [0.2, 0.25) is 0 Å². The number of anilines is 1. The summed E-state index contributed by atoms with van der Waals surface area (Å²) in [6, 6.07) is 15.6. The van der Waals surface area contributed by atoms with E-state index in [9.17, 15) is 18.5 Å². The summed E-state index contributed by atoms with van der Waals surface area (Å²) in [6.07, 6.45) is 0. The smallest absolute Gasteiger partial charge is 0.293 e. The summed E-state index contributed by atoms with van der Waals surface area (Å²) in [5, 5.41) is 16.9. The molecule has 3 aromatic rings. The average molecular weight is 471 g/mol. The summed E-state index contributed by atoms with van der Waals surface area (Å²) < 4.78 is 32.9. The first-order valence-corrected chi connectivity index (χ1v) is 12.0. The van der Waals surface area contributed by atoms with E-state index < -0.39 is 14.9 Å². The molecule has 1 N–H and O–H groups in total. The highest BCUT2D eigenvalue weighted by Crippen LogP contribution is 2.32. The van der Waals surface area contributed by atoms with E-state index in [0.29, 0.717) is 31.9 Å². The number of hydrogen-bond donors (Lipinski definition) is 1. The van der Waals surface area contributed by atoms with E-state index in [1.54, 1.807) is 7.11 Å². The third kappa shape index (κ3) is 4.63. The van der Waals surface area contributed by atoms with Crippen LogP contribution >= 0.6 is 0 Å². The molecule has 10 heteroatoms. The summed E-state index contributed by atoms with van der Waals surface area (Å²) in [6.45, 7) is 2.22. The van der Waals surface area contributed by atoms with Crippen LogP contribution in [0.15, 0.2) is 59.5 Å². The van der Waals surface area contributed by atoms with E-state index in [1.807, 2.05) is 48.3 Å². The zero-order chi connectivity index (χ0) is 23.6. The average Bonchev–Trinajstić information content (AvgIpc) is 2.82. The number of nitro groups is 1. The topological polar surface area (TPSA) is 105 Å². The predicted molar refractivity (Wildman–Crippen MR) is 127 cm³/mol. The summed E-state index contributed by atoms with van der Waals surface area (Å²) >= 11 is 0. The van der Waals surface area contributed by atoms with Crippen LogP contribution in [0.4, 0.5) is 11.4 Å². The lowest BCUT2D eigenvalue weighted by atomic mass is 10.0. The van der Waals surface area contributed by atoms with Crippen LogP contribution in [0.3, 0.4) is 0 Å². The molecule has 0 saturated carbocycles. The molecule has 0 aliphatic carbocycles. The highest BCUT2D eigenvalue weighted by molar-refractivity contribution is 7.89. The predicted octanol–water partition coefficient (Wildman–Crippen LogP) is 3.30. The van der Waals surface area contributed by atoms with Crippen molar-refractivity contribution in [3.63, 3.8) is 0 Å². The Morgan fingerprint density at radius 2 is 1.79 bits per heavy atom. The van der Waals surface area contributed by atoms with Gasteiger partial charge in [0.2, 0.25) is 10.0 Å². The van der Waals surface area contributed by atoms with Gasteiger partial charge in [0.05, 0.1) is 16.9 Å². The second-order valence-corrected chi connectivity index (χ2v) is 9.90. The van der Waals surface area contributed by atoms with Gasteiger partial charge in [-0.1, -0.05) is 30.3 Å². The fourth-order valence-electron chi connectivity index (χ4n) is 4.02. The van der Waals surface area contributed by atoms with Gasteiger partial charge in [0.1, 0.15) is 11.4 Å². The van der Waals surface area contributed by atoms with Gasteiger partial charge in [-0.15, -0.1) is 0 Å². The van der Waals surface area contributed by atoms with Crippen molar-refractivity contribution in [3.8, 4) is 5.75 Å². The lowest BCUT2D eigenvalue weighted by Crippen LogP contribution is -2.47. The van der Waals surface area contributed by atoms with Crippen LogP contribution in [0.1, 0.15) is 5.56 Å². The second-order valence-electron chi connectivity index (χ2n) is 7.96. The molecule has 0 unspecified atom stereocenters. The summed E-state index contributed by atoms with van der Waals surface area (Å²) in [5.74, 6) is 0.665. The number of benzene rings is 3. The number of sulfonamides is 1. The Balaban J connectivity index is 1.64. The molecule has 1 aliphatic rings. The van der Waals surface area contributed by atoms with E-state index >= 15 is 0 Å². The first kappa shape index (κ1) is 23.0. The third-order valence-electron chi connectivity index (χ3n) is 5.94. The fraction of sp³-hybridized carbons (Fsp3) is 0.304. The van der Waals surface area contributed by atoms with Crippen LogP contribution < -0.4 is 10.1 Å². The minimum absolute atomic E-state index is 0.0768. The van der Waals surface area contributed by atoms with Gasteiger partial charge in [0, 0.05) is 44.4 Å². The maximum Gasteiger partial charge on any atom is 0.293 e. The molecule has 0 radical (unpaired) electrons. The zero-order valence-corrected chi connectivity index (χ0v) is 19.3.